The normalized spacial score (nSPS) is 11.5. The molecule has 1 atom stereocenters. The lowest BCUT2D eigenvalue weighted by molar-refractivity contribution is -0.147. The van der Waals surface area contributed by atoms with Gasteiger partial charge < -0.3 is 15.0 Å². The molecule has 0 radical (unpaired) electrons. The van der Waals surface area contributed by atoms with Crippen LogP contribution in [0.25, 0.3) is 0 Å². The number of esters is 1. The van der Waals surface area contributed by atoms with E-state index in [1.165, 1.54) is 4.90 Å². The summed E-state index contributed by atoms with van der Waals surface area (Å²) in [5, 5.41) is 3.37. The molecule has 0 fully saturated rings. The van der Waals surface area contributed by atoms with Gasteiger partial charge in [0.15, 0.2) is 0 Å². The smallest absolute Gasteiger partial charge is 0.328 e. The van der Waals surface area contributed by atoms with Gasteiger partial charge in [0.25, 0.3) is 0 Å². The lowest BCUT2D eigenvalue weighted by atomic mass is 10.2. The van der Waals surface area contributed by atoms with Crippen LogP contribution in [0.5, 0.6) is 0 Å². The minimum Gasteiger partial charge on any atom is -0.464 e. The Balaban J connectivity index is 2.18. The van der Waals surface area contributed by atoms with Crippen LogP contribution in [0.2, 0.25) is 5.02 Å². The number of carbonyl (C=O) groups excluding carboxylic acids is 2. The fourth-order valence-corrected chi connectivity index (χ4v) is 2.41. The van der Waals surface area contributed by atoms with Crippen LogP contribution in [0, 0.1) is 0 Å². The van der Waals surface area contributed by atoms with Gasteiger partial charge in [-0.3, -0.25) is 0 Å². The molecule has 0 aromatic heterocycles. The second-order valence-electron chi connectivity index (χ2n) is 5.48. The van der Waals surface area contributed by atoms with E-state index < -0.39 is 12.0 Å². The van der Waals surface area contributed by atoms with Gasteiger partial charge in [-0.15, -0.1) is 0 Å². The van der Waals surface area contributed by atoms with Crippen molar-refractivity contribution < 1.29 is 14.3 Å². The third-order valence-corrected chi connectivity index (χ3v) is 3.90. The van der Waals surface area contributed by atoms with Crippen molar-refractivity contribution >= 4 is 29.3 Å². The van der Waals surface area contributed by atoms with Crippen LogP contribution in [0.4, 0.5) is 10.5 Å². The molecule has 2 amide bonds. The van der Waals surface area contributed by atoms with Gasteiger partial charge in [-0.05, 0) is 43.7 Å². The number of hydrogen-bond acceptors (Lipinski definition) is 3. The molecule has 2 aromatic rings. The standard InChI is InChI=1S/C19H21ClN2O3/c1-3-25-18(23)14(2)22(13-15-7-5-4-6-8-15)19(24)21-17-11-9-16(20)10-12-17/h4-12,14H,3,13H2,1-2H3,(H,21,24). The molecule has 0 saturated heterocycles. The van der Waals surface area contributed by atoms with E-state index in [1.54, 1.807) is 38.1 Å². The molecule has 0 saturated carbocycles. The van der Waals surface area contributed by atoms with E-state index in [0.717, 1.165) is 5.56 Å². The molecule has 1 unspecified atom stereocenters. The summed E-state index contributed by atoms with van der Waals surface area (Å²) in [7, 11) is 0. The summed E-state index contributed by atoms with van der Waals surface area (Å²) >= 11 is 5.86. The topological polar surface area (TPSA) is 58.6 Å². The summed E-state index contributed by atoms with van der Waals surface area (Å²) < 4.78 is 5.06. The molecule has 0 heterocycles. The summed E-state index contributed by atoms with van der Waals surface area (Å²) in [6.07, 6.45) is 0. The van der Waals surface area contributed by atoms with Crippen LogP contribution < -0.4 is 5.32 Å². The van der Waals surface area contributed by atoms with E-state index in [9.17, 15) is 9.59 Å². The highest BCUT2D eigenvalue weighted by Crippen LogP contribution is 2.16. The van der Waals surface area contributed by atoms with E-state index in [-0.39, 0.29) is 12.6 Å². The number of carbonyl (C=O) groups is 2. The Morgan fingerprint density at radius 1 is 1.12 bits per heavy atom. The van der Waals surface area contributed by atoms with Gasteiger partial charge in [0, 0.05) is 17.3 Å². The summed E-state index contributed by atoms with van der Waals surface area (Å²) in [6.45, 7) is 3.95. The van der Waals surface area contributed by atoms with E-state index in [1.807, 2.05) is 30.3 Å². The Kier molecular flexibility index (Phi) is 6.83. The molecule has 6 heteroatoms. The van der Waals surface area contributed by atoms with Crippen molar-refractivity contribution in [1.82, 2.24) is 4.90 Å². The number of benzene rings is 2. The zero-order chi connectivity index (χ0) is 18.2. The van der Waals surface area contributed by atoms with Crippen LogP contribution >= 0.6 is 11.6 Å². The van der Waals surface area contributed by atoms with Gasteiger partial charge in [0.05, 0.1) is 6.61 Å². The van der Waals surface area contributed by atoms with Crippen LogP contribution in [0.15, 0.2) is 54.6 Å². The van der Waals surface area contributed by atoms with Crippen molar-refractivity contribution in [1.29, 1.82) is 0 Å². The van der Waals surface area contributed by atoms with Crippen LogP contribution in [0.1, 0.15) is 19.4 Å². The Bertz CT molecular complexity index is 704. The molecular weight excluding hydrogens is 340 g/mol. The second kappa shape index (κ2) is 9.08. The second-order valence-corrected chi connectivity index (χ2v) is 5.92. The fraction of sp³-hybridized carbons (Fsp3) is 0.263. The Hall–Kier alpha value is -2.53. The first-order valence-electron chi connectivity index (χ1n) is 8.05. The largest absolute Gasteiger partial charge is 0.464 e. The maximum Gasteiger partial charge on any atom is 0.328 e. The van der Waals surface area contributed by atoms with Crippen molar-refractivity contribution in [2.45, 2.75) is 26.4 Å². The molecule has 5 nitrogen and oxygen atoms in total. The molecule has 2 rings (SSSR count). The number of nitrogens with zero attached hydrogens (tertiary/aromatic N) is 1. The SMILES string of the molecule is CCOC(=O)C(C)N(Cc1ccccc1)C(=O)Nc1ccc(Cl)cc1. The highest BCUT2D eigenvalue weighted by Gasteiger charge is 2.27. The molecule has 25 heavy (non-hydrogen) atoms. The predicted octanol–water partition coefficient (Wildman–Crippen LogP) is 4.33. The van der Waals surface area contributed by atoms with E-state index >= 15 is 0 Å². The number of urea groups is 1. The third-order valence-electron chi connectivity index (χ3n) is 3.65. The number of ether oxygens (including phenoxy) is 1. The highest BCUT2D eigenvalue weighted by molar-refractivity contribution is 6.30. The van der Waals surface area contributed by atoms with Crippen molar-refractivity contribution in [3.8, 4) is 0 Å². The predicted molar refractivity (Wildman–Crippen MR) is 98.6 cm³/mol. The van der Waals surface area contributed by atoms with Crippen molar-refractivity contribution in [2.75, 3.05) is 11.9 Å². The molecular formula is C19H21ClN2O3. The van der Waals surface area contributed by atoms with Crippen LogP contribution in [-0.2, 0) is 16.1 Å². The van der Waals surface area contributed by atoms with Crippen LogP contribution in [-0.4, -0.2) is 29.5 Å². The first-order valence-corrected chi connectivity index (χ1v) is 8.42. The first-order chi connectivity index (χ1) is 12.0. The lowest BCUT2D eigenvalue weighted by Crippen LogP contribution is -2.45. The van der Waals surface area contributed by atoms with E-state index in [0.29, 0.717) is 17.3 Å². The first kappa shape index (κ1) is 18.8. The number of amides is 2. The monoisotopic (exact) mass is 360 g/mol. The molecule has 1 N–H and O–H groups in total. The average molecular weight is 361 g/mol. The number of anilines is 1. The van der Waals surface area contributed by atoms with E-state index in [2.05, 4.69) is 5.32 Å². The van der Waals surface area contributed by atoms with Gasteiger partial charge in [0.2, 0.25) is 0 Å². The Morgan fingerprint density at radius 3 is 2.36 bits per heavy atom. The van der Waals surface area contributed by atoms with Crippen molar-refractivity contribution in [2.24, 2.45) is 0 Å². The molecule has 0 aliphatic carbocycles. The van der Waals surface area contributed by atoms with Gasteiger partial charge in [-0.1, -0.05) is 41.9 Å². The van der Waals surface area contributed by atoms with Gasteiger partial charge >= 0.3 is 12.0 Å². The minimum absolute atomic E-state index is 0.265. The highest BCUT2D eigenvalue weighted by atomic mass is 35.5. The van der Waals surface area contributed by atoms with Crippen molar-refractivity contribution in [3.05, 3.63) is 65.2 Å². The molecule has 0 spiro atoms. The van der Waals surface area contributed by atoms with Gasteiger partial charge in [-0.2, -0.15) is 0 Å². The summed E-state index contributed by atoms with van der Waals surface area (Å²) in [5.41, 5.74) is 1.52. The van der Waals surface area contributed by atoms with E-state index in [4.69, 9.17) is 16.3 Å². The Morgan fingerprint density at radius 2 is 1.76 bits per heavy atom. The molecule has 0 aliphatic heterocycles. The minimum atomic E-state index is -0.715. The number of halogens is 1. The molecule has 132 valence electrons. The molecule has 2 aromatic carbocycles. The number of nitrogens with one attached hydrogen (secondary N) is 1. The maximum absolute atomic E-state index is 12.7. The summed E-state index contributed by atoms with van der Waals surface area (Å²) in [6, 6.07) is 15.2. The zero-order valence-electron chi connectivity index (χ0n) is 14.2. The van der Waals surface area contributed by atoms with Gasteiger partial charge in [-0.25, -0.2) is 9.59 Å². The van der Waals surface area contributed by atoms with Crippen LogP contribution in [0.3, 0.4) is 0 Å². The summed E-state index contributed by atoms with van der Waals surface area (Å²) in [4.78, 5) is 26.3. The molecule has 0 bridgehead atoms. The summed E-state index contributed by atoms with van der Waals surface area (Å²) in [5.74, 6) is -0.440. The number of rotatable bonds is 6. The third kappa shape index (κ3) is 5.50. The molecule has 0 aliphatic rings. The number of hydrogen-bond donors (Lipinski definition) is 1. The average Bonchev–Trinajstić information content (AvgIpc) is 2.62. The van der Waals surface area contributed by atoms with Crippen molar-refractivity contribution in [3.63, 3.8) is 0 Å². The zero-order valence-corrected chi connectivity index (χ0v) is 15.0. The fourth-order valence-electron chi connectivity index (χ4n) is 2.28. The Labute approximate surface area is 152 Å². The van der Waals surface area contributed by atoms with Gasteiger partial charge in [0.1, 0.15) is 6.04 Å². The quantitative estimate of drug-likeness (QED) is 0.780. The maximum atomic E-state index is 12.7. The lowest BCUT2D eigenvalue weighted by Gasteiger charge is -2.28.